The van der Waals surface area contributed by atoms with Gasteiger partial charge in [0.25, 0.3) is 5.91 Å². The van der Waals surface area contributed by atoms with Crippen molar-refractivity contribution in [1.82, 2.24) is 19.4 Å². The van der Waals surface area contributed by atoms with Crippen molar-refractivity contribution in [3.63, 3.8) is 0 Å². The van der Waals surface area contributed by atoms with Crippen LogP contribution in [0, 0.1) is 6.92 Å². The van der Waals surface area contributed by atoms with Gasteiger partial charge in [-0.2, -0.15) is 4.31 Å². The number of benzene rings is 2. The van der Waals surface area contributed by atoms with Crippen LogP contribution in [0.1, 0.15) is 34.5 Å². The third-order valence-electron chi connectivity index (χ3n) is 5.96. The van der Waals surface area contributed by atoms with Crippen LogP contribution in [0.2, 0.25) is 0 Å². The van der Waals surface area contributed by atoms with E-state index in [0.717, 1.165) is 5.56 Å². The maximum Gasteiger partial charge on any atom is 0.251 e. The molecule has 9 heteroatoms. The molecule has 3 rings (SSSR count). The molecule has 0 aliphatic carbocycles. The van der Waals surface area contributed by atoms with Crippen LogP contribution in [0.5, 0.6) is 0 Å². The molecule has 1 aliphatic heterocycles. The number of likely N-dealkylation sites (N-methyl/N-ethyl adjacent to an activating group) is 1. The van der Waals surface area contributed by atoms with E-state index in [1.807, 2.05) is 50.2 Å². The van der Waals surface area contributed by atoms with Crippen LogP contribution in [-0.4, -0.2) is 81.2 Å². The Balaban J connectivity index is 1.70. The summed E-state index contributed by atoms with van der Waals surface area (Å²) in [5.74, 6) is -0.389. The Morgan fingerprint density at radius 3 is 2.24 bits per heavy atom. The zero-order chi connectivity index (χ0) is 24.2. The number of rotatable bonds is 7. The highest BCUT2D eigenvalue weighted by Crippen LogP contribution is 2.20. The standard InChI is InChI=1S/C24H32N4O4S/c1-18-8-10-20(11-9-18)23(26(3)4)17-25-24(30)21-6-5-7-22(16-21)33(31,32)28-14-12-27(13-15-28)19(2)29/h5-11,16,23H,12-15,17H2,1-4H3,(H,25,30). The lowest BCUT2D eigenvalue weighted by atomic mass is 10.0. The van der Waals surface area contributed by atoms with Crippen molar-refractivity contribution in [3.05, 3.63) is 65.2 Å². The lowest BCUT2D eigenvalue weighted by Gasteiger charge is -2.33. The Bertz CT molecular complexity index is 1090. The van der Waals surface area contributed by atoms with E-state index in [2.05, 4.69) is 5.32 Å². The van der Waals surface area contributed by atoms with Crippen LogP contribution in [0.3, 0.4) is 0 Å². The Morgan fingerprint density at radius 1 is 1.03 bits per heavy atom. The van der Waals surface area contributed by atoms with E-state index in [1.54, 1.807) is 17.0 Å². The molecule has 1 fully saturated rings. The molecule has 8 nitrogen and oxygen atoms in total. The molecular formula is C24H32N4O4S. The first-order valence-corrected chi connectivity index (χ1v) is 12.4. The maximum absolute atomic E-state index is 13.1. The van der Waals surface area contributed by atoms with Gasteiger partial charge in [0, 0.05) is 45.2 Å². The molecule has 0 spiro atoms. The molecule has 0 radical (unpaired) electrons. The summed E-state index contributed by atoms with van der Waals surface area (Å²) >= 11 is 0. The molecule has 2 amide bonds. The summed E-state index contributed by atoms with van der Waals surface area (Å²) < 4.78 is 27.5. The fourth-order valence-electron chi connectivity index (χ4n) is 3.87. The molecule has 0 bridgehead atoms. The Hall–Kier alpha value is -2.75. The molecule has 0 saturated carbocycles. The summed E-state index contributed by atoms with van der Waals surface area (Å²) in [5, 5.41) is 2.94. The molecule has 1 saturated heterocycles. The number of hydrogen-bond acceptors (Lipinski definition) is 5. The SMILES string of the molecule is CC(=O)N1CCN(S(=O)(=O)c2cccc(C(=O)NCC(c3ccc(C)cc3)N(C)C)c2)CC1. The quantitative estimate of drug-likeness (QED) is 0.665. The van der Waals surface area contributed by atoms with Gasteiger partial charge < -0.3 is 15.1 Å². The van der Waals surface area contributed by atoms with Gasteiger partial charge in [-0.15, -0.1) is 0 Å². The summed E-state index contributed by atoms with van der Waals surface area (Å²) in [6, 6.07) is 14.3. The van der Waals surface area contributed by atoms with Crippen molar-refractivity contribution >= 4 is 21.8 Å². The van der Waals surface area contributed by atoms with Crippen LogP contribution in [-0.2, 0) is 14.8 Å². The van der Waals surface area contributed by atoms with Crippen molar-refractivity contribution in [1.29, 1.82) is 0 Å². The summed E-state index contributed by atoms with van der Waals surface area (Å²) in [5.41, 5.74) is 2.55. The molecular weight excluding hydrogens is 440 g/mol. The summed E-state index contributed by atoms with van der Waals surface area (Å²) in [7, 11) is 0.156. The van der Waals surface area contributed by atoms with E-state index in [0.29, 0.717) is 25.2 Å². The minimum Gasteiger partial charge on any atom is -0.350 e. The highest BCUT2D eigenvalue weighted by molar-refractivity contribution is 7.89. The van der Waals surface area contributed by atoms with Crippen molar-refractivity contribution < 1.29 is 18.0 Å². The molecule has 1 aliphatic rings. The topological polar surface area (TPSA) is 90.0 Å². The van der Waals surface area contributed by atoms with E-state index in [-0.39, 0.29) is 35.8 Å². The van der Waals surface area contributed by atoms with E-state index in [9.17, 15) is 18.0 Å². The molecule has 1 unspecified atom stereocenters. The number of hydrogen-bond donors (Lipinski definition) is 1. The number of carbonyl (C=O) groups is 2. The summed E-state index contributed by atoms with van der Waals surface area (Å²) in [4.78, 5) is 28.1. The Labute approximate surface area is 196 Å². The normalized spacial score (nSPS) is 16.0. The van der Waals surface area contributed by atoms with Gasteiger partial charge in [0.15, 0.2) is 0 Å². The predicted octanol–water partition coefficient (Wildman–Crippen LogP) is 1.88. The van der Waals surface area contributed by atoms with E-state index < -0.39 is 10.0 Å². The average molecular weight is 473 g/mol. The highest BCUT2D eigenvalue weighted by Gasteiger charge is 2.29. The molecule has 178 valence electrons. The zero-order valence-corrected chi connectivity index (χ0v) is 20.4. The number of nitrogens with one attached hydrogen (secondary N) is 1. The second-order valence-corrected chi connectivity index (χ2v) is 10.5. The summed E-state index contributed by atoms with van der Waals surface area (Å²) in [6.07, 6.45) is 0. The molecule has 2 aromatic carbocycles. The first-order valence-electron chi connectivity index (χ1n) is 11.0. The average Bonchev–Trinajstić information content (AvgIpc) is 2.80. The van der Waals surface area contributed by atoms with Gasteiger partial charge in [-0.3, -0.25) is 9.59 Å². The number of carbonyl (C=O) groups excluding carboxylic acids is 2. The molecule has 1 atom stereocenters. The molecule has 0 aromatic heterocycles. The van der Waals surface area contributed by atoms with Crippen LogP contribution < -0.4 is 5.32 Å². The van der Waals surface area contributed by atoms with Crippen LogP contribution >= 0.6 is 0 Å². The van der Waals surface area contributed by atoms with Gasteiger partial charge in [-0.25, -0.2) is 8.42 Å². The van der Waals surface area contributed by atoms with E-state index in [1.165, 1.54) is 28.9 Å². The van der Waals surface area contributed by atoms with Gasteiger partial charge in [-0.05, 0) is 44.8 Å². The van der Waals surface area contributed by atoms with Gasteiger partial charge in [0.05, 0.1) is 10.9 Å². The van der Waals surface area contributed by atoms with Crippen molar-refractivity contribution in [3.8, 4) is 0 Å². The maximum atomic E-state index is 13.1. The monoisotopic (exact) mass is 472 g/mol. The third kappa shape index (κ3) is 5.98. The Kier molecular flexibility index (Phi) is 7.88. The number of piperazine rings is 1. The van der Waals surface area contributed by atoms with Gasteiger partial charge in [0.2, 0.25) is 15.9 Å². The largest absolute Gasteiger partial charge is 0.350 e. The zero-order valence-electron chi connectivity index (χ0n) is 19.6. The smallest absolute Gasteiger partial charge is 0.251 e. The van der Waals surface area contributed by atoms with Gasteiger partial charge in [-0.1, -0.05) is 35.9 Å². The van der Waals surface area contributed by atoms with Crippen molar-refractivity contribution in [2.45, 2.75) is 24.8 Å². The van der Waals surface area contributed by atoms with Crippen LogP contribution in [0.4, 0.5) is 0 Å². The van der Waals surface area contributed by atoms with E-state index >= 15 is 0 Å². The predicted molar refractivity (Wildman–Crippen MR) is 127 cm³/mol. The van der Waals surface area contributed by atoms with Crippen LogP contribution in [0.25, 0.3) is 0 Å². The highest BCUT2D eigenvalue weighted by atomic mass is 32.2. The lowest BCUT2D eigenvalue weighted by molar-refractivity contribution is -0.129. The Morgan fingerprint density at radius 2 is 1.67 bits per heavy atom. The van der Waals surface area contributed by atoms with Crippen LogP contribution in [0.15, 0.2) is 53.4 Å². The van der Waals surface area contributed by atoms with Crippen molar-refractivity contribution in [2.24, 2.45) is 0 Å². The minimum atomic E-state index is -3.75. The number of amides is 2. The second-order valence-electron chi connectivity index (χ2n) is 8.54. The minimum absolute atomic E-state index is 0.0148. The lowest BCUT2D eigenvalue weighted by Crippen LogP contribution is -2.49. The second kappa shape index (κ2) is 10.5. The third-order valence-corrected chi connectivity index (χ3v) is 7.85. The number of sulfonamides is 1. The fourth-order valence-corrected chi connectivity index (χ4v) is 5.34. The van der Waals surface area contributed by atoms with Gasteiger partial charge >= 0.3 is 0 Å². The number of aryl methyl sites for hydroxylation is 1. The van der Waals surface area contributed by atoms with Gasteiger partial charge in [0.1, 0.15) is 0 Å². The van der Waals surface area contributed by atoms with E-state index in [4.69, 9.17) is 0 Å². The molecule has 2 aromatic rings. The summed E-state index contributed by atoms with van der Waals surface area (Å²) in [6.45, 7) is 5.09. The molecule has 1 N–H and O–H groups in total. The molecule has 1 heterocycles. The molecule has 33 heavy (non-hydrogen) atoms. The first kappa shape index (κ1) is 24.9. The number of nitrogens with zero attached hydrogens (tertiary/aromatic N) is 3. The fraction of sp³-hybridized carbons (Fsp3) is 0.417. The van der Waals surface area contributed by atoms with Crippen molar-refractivity contribution in [2.75, 3.05) is 46.8 Å². The first-order chi connectivity index (χ1) is 15.6.